The van der Waals surface area contributed by atoms with E-state index in [1.54, 1.807) is 32.2 Å². The van der Waals surface area contributed by atoms with Gasteiger partial charge in [0.05, 0.1) is 41.6 Å². The van der Waals surface area contributed by atoms with Gasteiger partial charge >= 0.3 is 0 Å². The van der Waals surface area contributed by atoms with Gasteiger partial charge in [-0.2, -0.15) is 10.4 Å². The molecule has 0 fully saturated rings. The molecule has 2 unspecified atom stereocenters. The minimum Gasteiger partial charge on any atom is -0.374 e. The smallest absolute Gasteiger partial charge is 0.276 e. The number of aliphatic hydroxyl groups is 1. The predicted molar refractivity (Wildman–Crippen MR) is 103 cm³/mol. The van der Waals surface area contributed by atoms with E-state index in [1.807, 2.05) is 6.07 Å². The first-order valence-corrected chi connectivity index (χ1v) is 9.50. The third kappa shape index (κ3) is 3.14. The molecule has 4 rings (SSSR count). The summed E-state index contributed by atoms with van der Waals surface area (Å²) < 4.78 is 42.8. The average Bonchev–Trinajstić information content (AvgIpc) is 3.32. The zero-order chi connectivity index (χ0) is 22.5. The van der Waals surface area contributed by atoms with Gasteiger partial charge < -0.3 is 14.6 Å². The summed E-state index contributed by atoms with van der Waals surface area (Å²) in [5, 5.41) is 24.1. The normalized spacial score (nSPS) is 18.1. The molecule has 0 aliphatic carbocycles. The first-order valence-electron chi connectivity index (χ1n) is 9.50. The van der Waals surface area contributed by atoms with Gasteiger partial charge in [-0.15, -0.1) is 0 Å². The second-order valence-corrected chi connectivity index (χ2v) is 7.65. The van der Waals surface area contributed by atoms with Gasteiger partial charge in [0.1, 0.15) is 18.2 Å². The van der Waals surface area contributed by atoms with Crippen LogP contribution in [0.1, 0.15) is 40.5 Å². The lowest BCUT2D eigenvalue weighted by Crippen LogP contribution is -2.45. The molecule has 162 valence electrons. The number of carbonyl (C=O) groups excluding carboxylic acids is 1. The van der Waals surface area contributed by atoms with Crippen LogP contribution in [0.15, 0.2) is 24.4 Å². The van der Waals surface area contributed by atoms with Gasteiger partial charge in [-0.05, 0) is 25.1 Å². The Labute approximate surface area is 175 Å². The Morgan fingerprint density at radius 3 is 2.84 bits per heavy atom. The van der Waals surface area contributed by atoms with Crippen LogP contribution in [-0.2, 0) is 19.2 Å². The number of aromatic nitrogens is 4. The molecule has 1 amide bonds. The van der Waals surface area contributed by atoms with E-state index in [-0.39, 0.29) is 19.0 Å². The fourth-order valence-corrected chi connectivity index (χ4v) is 4.03. The predicted octanol–water partition coefficient (Wildman–Crippen LogP) is 2.28. The molecular formula is C20H19F3N6O2. The van der Waals surface area contributed by atoms with E-state index in [0.717, 1.165) is 0 Å². The number of halogens is 3. The van der Waals surface area contributed by atoms with Crippen LogP contribution in [0.2, 0.25) is 0 Å². The van der Waals surface area contributed by atoms with E-state index < -0.39 is 30.6 Å². The summed E-state index contributed by atoms with van der Waals surface area (Å²) in [6.07, 6.45) is -2.08. The van der Waals surface area contributed by atoms with E-state index in [2.05, 4.69) is 10.1 Å². The number of nitriles is 1. The van der Waals surface area contributed by atoms with Crippen LogP contribution >= 0.6 is 0 Å². The Morgan fingerprint density at radius 2 is 2.19 bits per heavy atom. The number of hydrogen-bond donors (Lipinski definition) is 1. The van der Waals surface area contributed by atoms with Crippen molar-refractivity contribution in [2.45, 2.75) is 31.5 Å². The number of alkyl halides is 3. The molecule has 2 atom stereocenters. The van der Waals surface area contributed by atoms with Crippen molar-refractivity contribution in [3.8, 4) is 6.07 Å². The number of aryl methyl sites for hydroxylation is 1. The van der Waals surface area contributed by atoms with Crippen molar-refractivity contribution in [1.82, 2.24) is 24.2 Å². The van der Waals surface area contributed by atoms with Crippen LogP contribution in [0.5, 0.6) is 0 Å². The topological polar surface area (TPSA) is 100.0 Å². The van der Waals surface area contributed by atoms with Gasteiger partial charge in [0, 0.05) is 19.0 Å². The quantitative estimate of drug-likeness (QED) is 0.682. The van der Waals surface area contributed by atoms with Crippen molar-refractivity contribution in [3.05, 3.63) is 47.2 Å². The lowest BCUT2D eigenvalue weighted by molar-refractivity contribution is -0.122. The molecule has 1 aromatic carbocycles. The minimum atomic E-state index is -3.35. The number of nitrogens with zero attached hydrogens (tertiary/aromatic N) is 6. The van der Waals surface area contributed by atoms with Gasteiger partial charge in [-0.3, -0.25) is 9.48 Å². The van der Waals surface area contributed by atoms with E-state index in [4.69, 9.17) is 5.26 Å². The molecule has 1 aliphatic heterocycles. The molecule has 2 aromatic heterocycles. The maximum atomic E-state index is 13.3. The number of rotatable bonds is 4. The van der Waals surface area contributed by atoms with Crippen molar-refractivity contribution in [1.29, 1.82) is 5.26 Å². The third-order valence-electron chi connectivity index (χ3n) is 5.56. The molecule has 11 heteroatoms. The summed E-state index contributed by atoms with van der Waals surface area (Å²) in [5.74, 6) is -0.778. The van der Waals surface area contributed by atoms with E-state index in [9.17, 15) is 23.1 Å². The number of fused-ring (bicyclic) bond motifs is 2. The van der Waals surface area contributed by atoms with Crippen LogP contribution in [-0.4, -0.2) is 54.9 Å². The highest BCUT2D eigenvalue weighted by atomic mass is 19.3. The summed E-state index contributed by atoms with van der Waals surface area (Å²) in [4.78, 5) is 18.7. The highest BCUT2D eigenvalue weighted by molar-refractivity contribution is 6.05. The van der Waals surface area contributed by atoms with Gasteiger partial charge in [0.2, 0.25) is 5.60 Å². The molecular weight excluding hydrogens is 413 g/mol. The van der Waals surface area contributed by atoms with E-state index in [0.29, 0.717) is 27.9 Å². The largest absolute Gasteiger partial charge is 0.374 e. The molecule has 0 radical (unpaired) electrons. The number of carbonyl (C=O) groups is 1. The lowest BCUT2D eigenvalue weighted by atomic mass is 10.0. The van der Waals surface area contributed by atoms with Crippen LogP contribution in [0.3, 0.4) is 0 Å². The summed E-state index contributed by atoms with van der Waals surface area (Å²) in [7, 11) is 1.62. The van der Waals surface area contributed by atoms with Crippen molar-refractivity contribution in [2.75, 3.05) is 13.2 Å². The SMILES string of the molecule is CC1CN(C(=O)c2c3ccc(C#N)cc3nn2C)Cc2cnc(C(O)(CF)C(F)F)n21. The summed E-state index contributed by atoms with van der Waals surface area (Å²) in [6, 6.07) is 6.36. The number of hydrogen-bond acceptors (Lipinski definition) is 5. The Hall–Kier alpha value is -3.39. The molecule has 0 bridgehead atoms. The highest BCUT2D eigenvalue weighted by Crippen LogP contribution is 2.34. The standard InChI is InChI=1S/C20H19F3N6O2/c1-11-8-28(9-13-7-25-19(29(11)13)20(31,10-21)18(22)23)17(30)16-14-4-3-12(6-24)5-15(14)26-27(16)2/h3-5,7,11,18,31H,8-10H2,1-2H3. The summed E-state index contributed by atoms with van der Waals surface area (Å²) in [5.41, 5.74) is -1.34. The molecule has 0 saturated carbocycles. The van der Waals surface area contributed by atoms with E-state index >= 15 is 0 Å². The van der Waals surface area contributed by atoms with Gasteiger partial charge in [-0.25, -0.2) is 18.2 Å². The molecule has 3 aromatic rings. The van der Waals surface area contributed by atoms with E-state index in [1.165, 1.54) is 20.3 Å². The Kier molecular flexibility index (Phi) is 4.97. The van der Waals surface area contributed by atoms with Crippen molar-refractivity contribution in [2.24, 2.45) is 7.05 Å². The van der Waals surface area contributed by atoms with Crippen molar-refractivity contribution < 1.29 is 23.1 Å². The molecule has 1 N–H and O–H groups in total. The highest BCUT2D eigenvalue weighted by Gasteiger charge is 2.46. The lowest BCUT2D eigenvalue weighted by Gasteiger charge is -2.35. The Morgan fingerprint density at radius 1 is 1.45 bits per heavy atom. The van der Waals surface area contributed by atoms with Crippen LogP contribution < -0.4 is 0 Å². The molecule has 31 heavy (non-hydrogen) atoms. The zero-order valence-electron chi connectivity index (χ0n) is 16.8. The maximum absolute atomic E-state index is 13.3. The van der Waals surface area contributed by atoms with Crippen LogP contribution in [0, 0.1) is 11.3 Å². The molecule has 0 spiro atoms. The summed E-state index contributed by atoms with van der Waals surface area (Å²) >= 11 is 0. The Bertz CT molecular complexity index is 1210. The van der Waals surface area contributed by atoms with Crippen molar-refractivity contribution in [3.63, 3.8) is 0 Å². The number of imidazole rings is 1. The molecule has 0 saturated heterocycles. The second-order valence-electron chi connectivity index (χ2n) is 7.65. The monoisotopic (exact) mass is 432 g/mol. The first-order chi connectivity index (χ1) is 14.7. The fraction of sp³-hybridized carbons (Fsp3) is 0.400. The number of benzene rings is 1. The van der Waals surface area contributed by atoms with Gasteiger partial charge in [-0.1, -0.05) is 0 Å². The Balaban J connectivity index is 1.70. The molecule has 8 nitrogen and oxygen atoms in total. The van der Waals surface area contributed by atoms with Crippen LogP contribution in [0.25, 0.3) is 10.9 Å². The van der Waals surface area contributed by atoms with Gasteiger partial charge in [0.15, 0.2) is 0 Å². The first kappa shape index (κ1) is 20.9. The fourth-order valence-electron chi connectivity index (χ4n) is 4.03. The average molecular weight is 432 g/mol. The molecule has 3 heterocycles. The zero-order valence-corrected chi connectivity index (χ0v) is 16.8. The van der Waals surface area contributed by atoms with Crippen LogP contribution in [0.4, 0.5) is 13.2 Å². The maximum Gasteiger partial charge on any atom is 0.276 e. The third-order valence-corrected chi connectivity index (χ3v) is 5.56. The minimum absolute atomic E-state index is 0.0464. The molecule has 1 aliphatic rings. The second kappa shape index (κ2) is 7.39. The van der Waals surface area contributed by atoms with Crippen molar-refractivity contribution >= 4 is 16.8 Å². The number of amides is 1. The van der Waals surface area contributed by atoms with Gasteiger partial charge in [0.25, 0.3) is 12.3 Å². The summed E-state index contributed by atoms with van der Waals surface area (Å²) in [6.45, 7) is 0.190.